The van der Waals surface area contributed by atoms with Gasteiger partial charge in [0.1, 0.15) is 0 Å². The second-order valence-corrected chi connectivity index (χ2v) is 9.93. The van der Waals surface area contributed by atoms with Gasteiger partial charge in [-0.1, -0.05) is 17.7 Å². The zero-order valence-corrected chi connectivity index (χ0v) is 20.9. The van der Waals surface area contributed by atoms with E-state index in [4.69, 9.17) is 21.1 Å². The summed E-state index contributed by atoms with van der Waals surface area (Å²) in [6.07, 6.45) is 3.93. The predicted molar refractivity (Wildman–Crippen MR) is 131 cm³/mol. The van der Waals surface area contributed by atoms with Gasteiger partial charge < -0.3 is 25.0 Å². The highest BCUT2D eigenvalue weighted by molar-refractivity contribution is 9.10. The molecule has 1 heterocycles. The number of hydrogen-bond donors (Lipinski definition) is 2. The summed E-state index contributed by atoms with van der Waals surface area (Å²) in [5, 5.41) is 6.63. The molecule has 32 heavy (non-hydrogen) atoms. The molecule has 2 fully saturated rings. The molecule has 2 aromatic rings. The topological polar surface area (TPSA) is 62.8 Å². The molecule has 2 amide bonds. The fraction of sp³-hybridized carbons (Fsp3) is 0.458. The Balaban J connectivity index is 1.47. The van der Waals surface area contributed by atoms with Crippen LogP contribution < -0.4 is 20.1 Å². The van der Waals surface area contributed by atoms with Crippen molar-refractivity contribution in [3.8, 4) is 11.5 Å². The highest BCUT2D eigenvalue weighted by Crippen LogP contribution is 2.49. The largest absolute Gasteiger partial charge is 0.493 e. The number of halogens is 2. The monoisotopic (exact) mass is 521 g/mol. The number of hydrogen-bond acceptors (Lipinski definition) is 4. The van der Waals surface area contributed by atoms with Gasteiger partial charge >= 0.3 is 6.03 Å². The average Bonchev–Trinajstić information content (AvgIpc) is 3.13. The molecule has 1 saturated heterocycles. The Morgan fingerprint density at radius 2 is 1.94 bits per heavy atom. The van der Waals surface area contributed by atoms with Crippen molar-refractivity contribution in [3.05, 3.63) is 51.5 Å². The summed E-state index contributed by atoms with van der Waals surface area (Å²) >= 11 is 9.51. The van der Waals surface area contributed by atoms with Gasteiger partial charge in [-0.05, 0) is 91.1 Å². The van der Waals surface area contributed by atoms with Gasteiger partial charge in [0.25, 0.3) is 0 Å². The van der Waals surface area contributed by atoms with Crippen LogP contribution in [0.2, 0.25) is 5.02 Å². The number of methoxy groups -OCH3 is 2. The summed E-state index contributed by atoms with van der Waals surface area (Å²) in [7, 11) is 5.52. The van der Waals surface area contributed by atoms with E-state index in [-0.39, 0.29) is 17.5 Å². The van der Waals surface area contributed by atoms with E-state index in [0.29, 0.717) is 16.8 Å². The predicted octanol–water partition coefficient (Wildman–Crippen LogP) is 5.44. The molecule has 4 rings (SSSR count). The van der Waals surface area contributed by atoms with Gasteiger partial charge in [-0.2, -0.15) is 0 Å². The zero-order valence-electron chi connectivity index (χ0n) is 18.6. The molecule has 8 heteroatoms. The average molecular weight is 523 g/mol. The van der Waals surface area contributed by atoms with E-state index in [1.165, 1.54) is 5.56 Å². The van der Waals surface area contributed by atoms with Crippen LogP contribution in [0.1, 0.15) is 31.2 Å². The van der Waals surface area contributed by atoms with Gasteiger partial charge in [0.2, 0.25) is 0 Å². The fourth-order valence-corrected chi connectivity index (χ4v) is 5.75. The number of rotatable bonds is 5. The van der Waals surface area contributed by atoms with E-state index in [1.54, 1.807) is 20.3 Å². The molecule has 0 bridgehead atoms. The first-order valence-electron chi connectivity index (χ1n) is 10.8. The molecule has 2 N–H and O–H groups in total. The number of fused-ring (bicyclic) bond motifs is 1. The Kier molecular flexibility index (Phi) is 6.89. The molecule has 1 aliphatic heterocycles. The number of anilines is 1. The molecular weight excluding hydrogens is 494 g/mol. The van der Waals surface area contributed by atoms with E-state index < -0.39 is 0 Å². The molecule has 172 valence electrons. The minimum Gasteiger partial charge on any atom is -0.493 e. The Bertz CT molecular complexity index is 1000. The van der Waals surface area contributed by atoms with Crippen LogP contribution in [0.15, 0.2) is 40.9 Å². The third-order valence-electron chi connectivity index (χ3n) is 7.00. The smallest absolute Gasteiger partial charge is 0.319 e. The summed E-state index contributed by atoms with van der Waals surface area (Å²) < 4.78 is 11.8. The van der Waals surface area contributed by atoms with Crippen LogP contribution in [0.4, 0.5) is 10.5 Å². The van der Waals surface area contributed by atoms with Crippen molar-refractivity contribution < 1.29 is 14.3 Å². The van der Waals surface area contributed by atoms with Crippen molar-refractivity contribution in [2.24, 2.45) is 0 Å². The van der Waals surface area contributed by atoms with Crippen LogP contribution in [0.3, 0.4) is 0 Å². The Morgan fingerprint density at radius 1 is 1.16 bits per heavy atom. The lowest BCUT2D eigenvalue weighted by Crippen LogP contribution is -2.52. The van der Waals surface area contributed by atoms with Gasteiger partial charge in [0, 0.05) is 27.7 Å². The normalized spacial score (nSPS) is 25.2. The standard InChI is InChI=1S/C24H29BrClN3O3/c1-29-11-10-24(15-4-7-20(31-2)21(12-15)32-3)9-8-17(14-22(24)29)28-23(30)27-16-5-6-18(25)19(26)13-16/h4-7,12-13,17,22H,8-11,14H2,1-3H3,(H2,27,28,30). The summed E-state index contributed by atoms with van der Waals surface area (Å²) in [4.78, 5) is 15.1. The number of amides is 2. The van der Waals surface area contributed by atoms with Gasteiger partial charge in [-0.25, -0.2) is 4.79 Å². The molecular formula is C24H29BrClN3O3. The molecule has 2 aromatic carbocycles. The van der Waals surface area contributed by atoms with Crippen LogP contribution in [0.5, 0.6) is 11.5 Å². The maximum atomic E-state index is 12.6. The van der Waals surface area contributed by atoms with Crippen molar-refractivity contribution in [1.82, 2.24) is 10.2 Å². The van der Waals surface area contributed by atoms with Crippen LogP contribution >= 0.6 is 27.5 Å². The highest BCUT2D eigenvalue weighted by atomic mass is 79.9. The number of likely N-dealkylation sites (N-methyl/N-ethyl adjacent to an activating group) is 1. The number of benzene rings is 2. The summed E-state index contributed by atoms with van der Waals surface area (Å²) in [6, 6.07) is 11.9. The van der Waals surface area contributed by atoms with Crippen molar-refractivity contribution in [2.75, 3.05) is 33.1 Å². The quantitative estimate of drug-likeness (QED) is 0.549. The third-order valence-corrected chi connectivity index (χ3v) is 8.23. The SMILES string of the molecule is COc1ccc(C23CCC(NC(=O)Nc4ccc(Br)c(Cl)c4)CC2N(C)CC3)cc1OC. The van der Waals surface area contributed by atoms with Gasteiger partial charge in [-0.3, -0.25) is 0 Å². The van der Waals surface area contributed by atoms with E-state index in [0.717, 1.165) is 48.2 Å². The number of carbonyl (C=O) groups is 1. The van der Waals surface area contributed by atoms with Crippen molar-refractivity contribution >= 4 is 39.2 Å². The Labute approximate surface area is 202 Å². The molecule has 1 saturated carbocycles. The van der Waals surface area contributed by atoms with Crippen molar-refractivity contribution in [1.29, 1.82) is 0 Å². The number of nitrogens with zero attached hydrogens (tertiary/aromatic N) is 1. The highest BCUT2D eigenvalue weighted by Gasteiger charge is 2.50. The number of likely N-dealkylation sites (tertiary alicyclic amines) is 1. The van der Waals surface area contributed by atoms with E-state index in [9.17, 15) is 4.79 Å². The first-order valence-corrected chi connectivity index (χ1v) is 12.0. The third kappa shape index (κ3) is 4.43. The molecule has 0 radical (unpaired) electrons. The lowest BCUT2D eigenvalue weighted by Gasteiger charge is -2.45. The fourth-order valence-electron chi connectivity index (χ4n) is 5.32. The zero-order chi connectivity index (χ0) is 22.9. The summed E-state index contributed by atoms with van der Waals surface area (Å²) in [5.74, 6) is 1.51. The van der Waals surface area contributed by atoms with Crippen molar-refractivity contribution in [3.63, 3.8) is 0 Å². The molecule has 3 unspecified atom stereocenters. The van der Waals surface area contributed by atoms with Crippen LogP contribution in [0.25, 0.3) is 0 Å². The van der Waals surface area contributed by atoms with Crippen LogP contribution in [-0.4, -0.2) is 50.8 Å². The second-order valence-electron chi connectivity index (χ2n) is 8.67. The summed E-state index contributed by atoms with van der Waals surface area (Å²) in [6.45, 7) is 1.04. The van der Waals surface area contributed by atoms with Gasteiger partial charge in [0.15, 0.2) is 11.5 Å². The van der Waals surface area contributed by atoms with Gasteiger partial charge in [0.05, 0.1) is 19.2 Å². The Hall–Kier alpha value is -1.96. The first-order chi connectivity index (χ1) is 15.4. The molecule has 2 aliphatic rings. The number of urea groups is 1. The Morgan fingerprint density at radius 3 is 2.66 bits per heavy atom. The molecule has 1 aliphatic carbocycles. The first kappa shape index (κ1) is 23.2. The number of carbonyl (C=O) groups excluding carboxylic acids is 1. The van der Waals surface area contributed by atoms with E-state index >= 15 is 0 Å². The molecule has 0 aromatic heterocycles. The second kappa shape index (κ2) is 9.49. The number of ether oxygens (including phenoxy) is 2. The molecule has 6 nitrogen and oxygen atoms in total. The summed E-state index contributed by atoms with van der Waals surface area (Å²) in [5.41, 5.74) is 2.02. The van der Waals surface area contributed by atoms with Crippen LogP contribution in [-0.2, 0) is 5.41 Å². The van der Waals surface area contributed by atoms with E-state index in [2.05, 4.69) is 50.6 Å². The molecule has 3 atom stereocenters. The minimum absolute atomic E-state index is 0.0577. The van der Waals surface area contributed by atoms with E-state index in [1.807, 2.05) is 18.2 Å². The molecule has 0 spiro atoms. The number of nitrogens with one attached hydrogen (secondary N) is 2. The minimum atomic E-state index is -0.201. The maximum absolute atomic E-state index is 12.6. The maximum Gasteiger partial charge on any atom is 0.319 e. The van der Waals surface area contributed by atoms with Crippen molar-refractivity contribution in [2.45, 2.75) is 43.2 Å². The lowest BCUT2D eigenvalue weighted by molar-refractivity contribution is 0.156. The van der Waals surface area contributed by atoms with Crippen LogP contribution in [0, 0.1) is 0 Å². The van der Waals surface area contributed by atoms with Gasteiger partial charge in [-0.15, -0.1) is 0 Å². The lowest BCUT2D eigenvalue weighted by atomic mass is 9.65.